The summed E-state index contributed by atoms with van der Waals surface area (Å²) in [5.41, 5.74) is 2.38. The fraction of sp³-hybridized carbons (Fsp3) is 0.562. The molecule has 0 spiro atoms. The van der Waals surface area contributed by atoms with Crippen molar-refractivity contribution in [2.24, 2.45) is 0 Å². The normalized spacial score (nSPS) is 19.9. The van der Waals surface area contributed by atoms with Crippen LogP contribution in [-0.2, 0) is 16.1 Å². The molecule has 1 aliphatic heterocycles. The number of ether oxygens (including phenoxy) is 1. The third-order valence-corrected chi connectivity index (χ3v) is 3.73. The number of carbonyl (C=O) groups is 1. The Morgan fingerprint density at radius 1 is 1.45 bits per heavy atom. The topological polar surface area (TPSA) is 41.6 Å². The lowest BCUT2D eigenvalue weighted by molar-refractivity contribution is -0.144. The Labute approximate surface area is 121 Å². The molecule has 4 nitrogen and oxygen atoms in total. The van der Waals surface area contributed by atoms with Crippen LogP contribution in [0.1, 0.15) is 32.8 Å². The number of para-hydroxylation sites is 1. The zero-order chi connectivity index (χ0) is 14.5. The first-order valence-corrected chi connectivity index (χ1v) is 7.41. The molecule has 0 aromatic heterocycles. The first kappa shape index (κ1) is 14.9. The van der Waals surface area contributed by atoms with Crippen LogP contribution in [0.25, 0.3) is 0 Å². The quantitative estimate of drug-likeness (QED) is 0.857. The van der Waals surface area contributed by atoms with E-state index in [1.807, 2.05) is 26.0 Å². The summed E-state index contributed by atoms with van der Waals surface area (Å²) in [5, 5.41) is 3.49. The number of anilines is 1. The molecule has 1 aromatic rings. The van der Waals surface area contributed by atoms with E-state index in [1.54, 1.807) is 0 Å². The summed E-state index contributed by atoms with van der Waals surface area (Å²) in [6.07, 6.45) is 0.750. The lowest BCUT2D eigenvalue weighted by Crippen LogP contribution is -2.46. The molecule has 2 unspecified atom stereocenters. The van der Waals surface area contributed by atoms with Crippen LogP contribution in [0.15, 0.2) is 24.3 Å². The molecular weight excluding hydrogens is 252 g/mol. The zero-order valence-corrected chi connectivity index (χ0v) is 12.6. The van der Waals surface area contributed by atoms with E-state index in [9.17, 15) is 4.79 Å². The Balaban J connectivity index is 2.33. The first-order chi connectivity index (χ1) is 9.67. The van der Waals surface area contributed by atoms with Crippen LogP contribution in [0, 0.1) is 0 Å². The van der Waals surface area contributed by atoms with Gasteiger partial charge in [0.15, 0.2) is 0 Å². The number of hydrogen-bond acceptors (Lipinski definition) is 4. The lowest BCUT2D eigenvalue weighted by atomic mass is 10.1. The number of fused-ring (bicyclic) bond motifs is 1. The van der Waals surface area contributed by atoms with Gasteiger partial charge in [-0.25, -0.2) is 4.79 Å². The summed E-state index contributed by atoms with van der Waals surface area (Å²) in [5.74, 6) is -0.126. The van der Waals surface area contributed by atoms with Crippen molar-refractivity contribution in [3.63, 3.8) is 0 Å². The van der Waals surface area contributed by atoms with Gasteiger partial charge in [-0.05, 0) is 31.9 Å². The molecule has 1 heterocycles. The minimum absolute atomic E-state index is 0.126. The van der Waals surface area contributed by atoms with Crippen LogP contribution in [0.5, 0.6) is 0 Å². The molecule has 0 radical (unpaired) electrons. The monoisotopic (exact) mass is 276 g/mol. The molecule has 2 rings (SSSR count). The number of benzene rings is 1. The first-order valence-electron chi connectivity index (χ1n) is 7.41. The molecule has 0 amide bonds. The van der Waals surface area contributed by atoms with Crippen molar-refractivity contribution < 1.29 is 9.53 Å². The van der Waals surface area contributed by atoms with Crippen molar-refractivity contribution in [3.8, 4) is 0 Å². The highest BCUT2D eigenvalue weighted by Gasteiger charge is 2.29. The summed E-state index contributed by atoms with van der Waals surface area (Å²) in [7, 11) is 0. The molecule has 0 aliphatic carbocycles. The van der Waals surface area contributed by atoms with Crippen LogP contribution in [0.3, 0.4) is 0 Å². The van der Waals surface area contributed by atoms with E-state index in [1.165, 1.54) is 5.56 Å². The SMILES string of the molecule is CCOC(=O)C(CC)N1CC(C)NCc2ccccc21. The van der Waals surface area contributed by atoms with Crippen LogP contribution in [0.4, 0.5) is 5.69 Å². The third-order valence-electron chi connectivity index (χ3n) is 3.73. The van der Waals surface area contributed by atoms with Crippen molar-refractivity contribution >= 4 is 11.7 Å². The highest BCUT2D eigenvalue weighted by Crippen LogP contribution is 2.26. The summed E-state index contributed by atoms with van der Waals surface area (Å²) in [6.45, 7) is 8.12. The molecule has 0 bridgehead atoms. The van der Waals surface area contributed by atoms with Crippen molar-refractivity contribution in [1.29, 1.82) is 0 Å². The molecule has 20 heavy (non-hydrogen) atoms. The molecular formula is C16H24N2O2. The molecule has 4 heteroatoms. The van der Waals surface area contributed by atoms with E-state index >= 15 is 0 Å². The molecule has 110 valence electrons. The Morgan fingerprint density at radius 2 is 2.20 bits per heavy atom. The molecule has 0 saturated heterocycles. The highest BCUT2D eigenvalue weighted by molar-refractivity contribution is 5.80. The average molecular weight is 276 g/mol. The maximum atomic E-state index is 12.2. The summed E-state index contributed by atoms with van der Waals surface area (Å²) in [6, 6.07) is 8.41. The van der Waals surface area contributed by atoms with Gasteiger partial charge < -0.3 is 15.0 Å². The van der Waals surface area contributed by atoms with Crippen LogP contribution >= 0.6 is 0 Å². The summed E-state index contributed by atoms with van der Waals surface area (Å²) >= 11 is 0. The van der Waals surface area contributed by atoms with Gasteiger partial charge in [0.2, 0.25) is 0 Å². The van der Waals surface area contributed by atoms with Crippen LogP contribution in [0.2, 0.25) is 0 Å². The van der Waals surface area contributed by atoms with Crippen molar-refractivity contribution in [2.45, 2.75) is 45.8 Å². The van der Waals surface area contributed by atoms with E-state index in [0.717, 1.165) is 25.2 Å². The number of nitrogens with one attached hydrogen (secondary N) is 1. The number of esters is 1. The van der Waals surface area contributed by atoms with Gasteiger partial charge in [-0.15, -0.1) is 0 Å². The number of carbonyl (C=O) groups excluding carboxylic acids is 1. The second-order valence-electron chi connectivity index (χ2n) is 5.24. The van der Waals surface area contributed by atoms with Crippen molar-refractivity contribution in [3.05, 3.63) is 29.8 Å². The summed E-state index contributed by atoms with van der Waals surface area (Å²) in [4.78, 5) is 14.4. The molecule has 2 atom stereocenters. The lowest BCUT2D eigenvalue weighted by Gasteiger charge is -2.32. The van der Waals surface area contributed by atoms with Gasteiger partial charge in [-0.3, -0.25) is 0 Å². The van der Waals surface area contributed by atoms with E-state index in [2.05, 4.69) is 29.3 Å². The maximum absolute atomic E-state index is 12.2. The Hall–Kier alpha value is -1.55. The number of hydrogen-bond donors (Lipinski definition) is 1. The summed E-state index contributed by atoms with van der Waals surface area (Å²) < 4.78 is 5.24. The zero-order valence-electron chi connectivity index (χ0n) is 12.6. The van der Waals surface area contributed by atoms with E-state index < -0.39 is 0 Å². The van der Waals surface area contributed by atoms with Gasteiger partial charge in [-0.1, -0.05) is 25.1 Å². The van der Waals surface area contributed by atoms with Gasteiger partial charge in [0.1, 0.15) is 6.04 Å². The van der Waals surface area contributed by atoms with Gasteiger partial charge in [-0.2, -0.15) is 0 Å². The predicted octanol–water partition coefficient (Wildman–Crippen LogP) is 2.33. The van der Waals surface area contributed by atoms with Crippen molar-refractivity contribution in [1.82, 2.24) is 5.32 Å². The van der Waals surface area contributed by atoms with Crippen LogP contribution in [-0.4, -0.2) is 31.2 Å². The van der Waals surface area contributed by atoms with Gasteiger partial charge in [0, 0.05) is 24.8 Å². The highest BCUT2D eigenvalue weighted by atomic mass is 16.5. The van der Waals surface area contributed by atoms with Crippen molar-refractivity contribution in [2.75, 3.05) is 18.1 Å². The average Bonchev–Trinajstić information content (AvgIpc) is 2.61. The van der Waals surface area contributed by atoms with Gasteiger partial charge in [0.05, 0.1) is 6.61 Å². The smallest absolute Gasteiger partial charge is 0.328 e. The number of nitrogens with zero attached hydrogens (tertiary/aromatic N) is 1. The predicted molar refractivity (Wildman–Crippen MR) is 80.8 cm³/mol. The van der Waals surface area contributed by atoms with E-state index in [0.29, 0.717) is 12.6 Å². The van der Waals surface area contributed by atoms with Gasteiger partial charge in [0.25, 0.3) is 0 Å². The van der Waals surface area contributed by atoms with E-state index in [4.69, 9.17) is 4.74 Å². The third kappa shape index (κ3) is 3.12. The van der Waals surface area contributed by atoms with Gasteiger partial charge >= 0.3 is 5.97 Å². The molecule has 1 aromatic carbocycles. The number of rotatable bonds is 4. The second kappa shape index (κ2) is 6.75. The minimum Gasteiger partial charge on any atom is -0.464 e. The maximum Gasteiger partial charge on any atom is 0.328 e. The molecule has 0 fully saturated rings. The molecule has 0 saturated carbocycles. The Kier molecular flexibility index (Phi) is 5.01. The molecule has 1 aliphatic rings. The standard InChI is InChI=1S/C16H24N2O2/c1-4-14(16(19)20-5-2)18-11-12(3)17-10-13-8-6-7-9-15(13)18/h6-9,12,14,17H,4-5,10-11H2,1-3H3. The molecule has 1 N–H and O–H groups in total. The fourth-order valence-corrected chi connectivity index (χ4v) is 2.73. The van der Waals surface area contributed by atoms with Crippen LogP contribution < -0.4 is 10.2 Å². The largest absolute Gasteiger partial charge is 0.464 e. The second-order valence-corrected chi connectivity index (χ2v) is 5.24. The fourth-order valence-electron chi connectivity index (χ4n) is 2.73. The Morgan fingerprint density at radius 3 is 2.90 bits per heavy atom. The minimum atomic E-state index is -0.210. The van der Waals surface area contributed by atoms with E-state index in [-0.39, 0.29) is 12.0 Å². The Bertz CT molecular complexity index is 462.